The molecule has 0 aliphatic heterocycles. The third-order valence-corrected chi connectivity index (χ3v) is 2.13. The van der Waals surface area contributed by atoms with Crippen molar-refractivity contribution in [3.05, 3.63) is 0 Å². The molecule has 51 valence electrons. The molecular weight excluding hydrogens is 120 g/mol. The molecule has 0 saturated heterocycles. The molecule has 0 heterocycles. The van der Waals surface area contributed by atoms with E-state index in [1.165, 1.54) is 6.29 Å². The standard InChI is InChI=1S/C6H9O3/c1-5(2)4(8)6(5,9)3-7/h4,8-9H,1-2H3. The number of hydrogen-bond acceptors (Lipinski definition) is 3. The summed E-state index contributed by atoms with van der Waals surface area (Å²) in [6.07, 6.45) is 0.469. The van der Waals surface area contributed by atoms with E-state index in [4.69, 9.17) is 10.2 Å². The molecular formula is C6H9O3. The molecule has 1 saturated carbocycles. The zero-order chi connectivity index (χ0) is 7.28. The first kappa shape index (κ1) is 6.71. The van der Waals surface area contributed by atoms with Crippen LogP contribution in [0.1, 0.15) is 13.8 Å². The van der Waals surface area contributed by atoms with Crippen LogP contribution in [-0.4, -0.2) is 28.2 Å². The highest BCUT2D eigenvalue weighted by atomic mass is 16.4. The lowest BCUT2D eigenvalue weighted by molar-refractivity contribution is 0.133. The highest BCUT2D eigenvalue weighted by molar-refractivity contribution is 5.72. The van der Waals surface area contributed by atoms with Crippen molar-refractivity contribution < 1.29 is 15.0 Å². The van der Waals surface area contributed by atoms with Crippen LogP contribution in [0.2, 0.25) is 0 Å². The summed E-state index contributed by atoms with van der Waals surface area (Å²) in [5, 5.41) is 18.0. The van der Waals surface area contributed by atoms with Crippen LogP contribution in [0.4, 0.5) is 0 Å². The van der Waals surface area contributed by atoms with Crippen molar-refractivity contribution in [1.29, 1.82) is 0 Å². The average Bonchev–Trinajstić information content (AvgIpc) is 2.16. The van der Waals surface area contributed by atoms with Gasteiger partial charge in [-0.05, 0) is 0 Å². The molecule has 0 spiro atoms. The number of hydrogen-bond donors (Lipinski definition) is 2. The molecule has 0 amide bonds. The Balaban J connectivity index is 2.81. The summed E-state index contributed by atoms with van der Waals surface area (Å²) in [6, 6.07) is 0. The van der Waals surface area contributed by atoms with E-state index in [-0.39, 0.29) is 0 Å². The van der Waals surface area contributed by atoms with Gasteiger partial charge in [-0.2, -0.15) is 0 Å². The van der Waals surface area contributed by atoms with Crippen molar-refractivity contribution in [2.24, 2.45) is 5.41 Å². The molecule has 1 rings (SSSR count). The van der Waals surface area contributed by atoms with Crippen molar-refractivity contribution in [3.8, 4) is 0 Å². The van der Waals surface area contributed by atoms with Crippen molar-refractivity contribution in [2.75, 3.05) is 0 Å². The molecule has 2 atom stereocenters. The Morgan fingerprint density at radius 3 is 1.89 bits per heavy atom. The first-order valence-corrected chi connectivity index (χ1v) is 2.76. The van der Waals surface area contributed by atoms with Crippen LogP contribution in [0.5, 0.6) is 0 Å². The second-order valence-electron chi connectivity index (χ2n) is 2.99. The van der Waals surface area contributed by atoms with Gasteiger partial charge in [-0.15, -0.1) is 0 Å². The van der Waals surface area contributed by atoms with Crippen LogP contribution in [0.25, 0.3) is 0 Å². The van der Waals surface area contributed by atoms with E-state index in [0.29, 0.717) is 0 Å². The maximum atomic E-state index is 9.98. The summed E-state index contributed by atoms with van der Waals surface area (Å²) in [5.41, 5.74) is -2.30. The Morgan fingerprint density at radius 2 is 1.89 bits per heavy atom. The molecule has 0 aromatic heterocycles. The lowest BCUT2D eigenvalue weighted by Crippen LogP contribution is -2.18. The van der Waals surface area contributed by atoms with E-state index >= 15 is 0 Å². The topological polar surface area (TPSA) is 57.5 Å². The molecule has 2 unspecified atom stereocenters. The molecule has 0 aromatic carbocycles. The van der Waals surface area contributed by atoms with Gasteiger partial charge in [0.15, 0.2) is 5.60 Å². The minimum Gasteiger partial charge on any atom is -0.389 e. The molecule has 2 N–H and O–H groups in total. The number of rotatable bonds is 1. The van der Waals surface area contributed by atoms with Gasteiger partial charge in [-0.1, -0.05) is 13.8 Å². The van der Waals surface area contributed by atoms with Crippen LogP contribution >= 0.6 is 0 Å². The van der Waals surface area contributed by atoms with Gasteiger partial charge in [0.25, 0.3) is 0 Å². The smallest absolute Gasteiger partial charge is 0.236 e. The van der Waals surface area contributed by atoms with E-state index < -0.39 is 17.1 Å². The zero-order valence-corrected chi connectivity index (χ0v) is 5.38. The summed E-state index contributed by atoms with van der Waals surface area (Å²) in [5.74, 6) is 0. The molecule has 0 aromatic rings. The minimum absolute atomic E-state index is 0.700. The Bertz CT molecular complexity index is 152. The summed E-state index contributed by atoms with van der Waals surface area (Å²) in [4.78, 5) is 9.98. The quantitative estimate of drug-likeness (QED) is 0.488. The predicted octanol–water partition coefficient (Wildman–Crippen LogP) is -0.772. The van der Waals surface area contributed by atoms with Crippen LogP contribution < -0.4 is 0 Å². The number of aliphatic hydroxyl groups excluding tert-OH is 1. The second kappa shape index (κ2) is 1.36. The molecule has 3 nitrogen and oxygen atoms in total. The third kappa shape index (κ3) is 0.509. The fraction of sp³-hybridized carbons (Fsp3) is 0.833. The molecule has 1 radical (unpaired) electrons. The highest BCUT2D eigenvalue weighted by Gasteiger charge is 2.72. The molecule has 3 heteroatoms. The van der Waals surface area contributed by atoms with Crippen molar-refractivity contribution in [1.82, 2.24) is 0 Å². The van der Waals surface area contributed by atoms with Gasteiger partial charge >= 0.3 is 0 Å². The molecule has 1 aliphatic carbocycles. The summed E-state index contributed by atoms with van der Waals surface area (Å²) < 4.78 is 0. The van der Waals surface area contributed by atoms with Crippen LogP contribution in [0, 0.1) is 5.41 Å². The second-order valence-corrected chi connectivity index (χ2v) is 2.99. The Labute approximate surface area is 53.3 Å². The summed E-state index contributed by atoms with van der Waals surface area (Å²) >= 11 is 0. The van der Waals surface area contributed by atoms with Crippen molar-refractivity contribution in [3.63, 3.8) is 0 Å². The Kier molecular flexibility index (Phi) is 1.01. The van der Waals surface area contributed by atoms with Crippen LogP contribution in [-0.2, 0) is 4.79 Å². The van der Waals surface area contributed by atoms with E-state index in [1.807, 2.05) is 0 Å². The molecule has 1 fully saturated rings. The normalized spacial score (nSPS) is 46.4. The Hall–Kier alpha value is -0.410. The summed E-state index contributed by atoms with van der Waals surface area (Å²) in [6.45, 7) is 3.23. The summed E-state index contributed by atoms with van der Waals surface area (Å²) in [7, 11) is 0. The van der Waals surface area contributed by atoms with Gasteiger partial charge in [0.2, 0.25) is 6.29 Å². The monoisotopic (exact) mass is 129 g/mol. The van der Waals surface area contributed by atoms with E-state index in [1.54, 1.807) is 13.8 Å². The van der Waals surface area contributed by atoms with Gasteiger partial charge in [-0.3, -0.25) is 4.79 Å². The van der Waals surface area contributed by atoms with Crippen LogP contribution in [0.15, 0.2) is 0 Å². The maximum Gasteiger partial charge on any atom is 0.236 e. The zero-order valence-electron chi connectivity index (χ0n) is 5.38. The van der Waals surface area contributed by atoms with Crippen LogP contribution in [0.3, 0.4) is 0 Å². The fourth-order valence-corrected chi connectivity index (χ4v) is 0.901. The van der Waals surface area contributed by atoms with Crippen molar-refractivity contribution in [2.45, 2.75) is 25.6 Å². The lowest BCUT2D eigenvalue weighted by Gasteiger charge is -1.99. The SMILES string of the molecule is CC1(C)C(O)C1(O)[C]=O. The minimum atomic E-state index is -1.60. The first-order chi connectivity index (χ1) is 3.97. The van der Waals surface area contributed by atoms with E-state index in [9.17, 15) is 4.79 Å². The van der Waals surface area contributed by atoms with E-state index in [0.717, 1.165) is 0 Å². The average molecular weight is 129 g/mol. The first-order valence-electron chi connectivity index (χ1n) is 2.76. The number of carbonyl (C=O) groups excluding carboxylic acids is 1. The third-order valence-electron chi connectivity index (χ3n) is 2.13. The van der Waals surface area contributed by atoms with Gasteiger partial charge in [0.05, 0.1) is 6.10 Å². The Morgan fingerprint density at radius 1 is 1.56 bits per heavy atom. The molecule has 0 bridgehead atoms. The predicted molar refractivity (Wildman–Crippen MR) is 30.4 cm³/mol. The molecule has 9 heavy (non-hydrogen) atoms. The lowest BCUT2D eigenvalue weighted by atomic mass is 10.1. The largest absolute Gasteiger partial charge is 0.389 e. The molecule has 1 aliphatic rings. The maximum absolute atomic E-state index is 9.98. The van der Waals surface area contributed by atoms with E-state index in [2.05, 4.69) is 0 Å². The van der Waals surface area contributed by atoms with Gasteiger partial charge in [0, 0.05) is 5.41 Å². The van der Waals surface area contributed by atoms with Gasteiger partial charge < -0.3 is 10.2 Å². The van der Waals surface area contributed by atoms with Gasteiger partial charge in [-0.25, -0.2) is 0 Å². The van der Waals surface area contributed by atoms with Gasteiger partial charge in [0.1, 0.15) is 0 Å². The fourth-order valence-electron chi connectivity index (χ4n) is 0.901. The highest BCUT2D eigenvalue weighted by Crippen LogP contribution is 2.53. The number of aliphatic hydroxyl groups is 2. The van der Waals surface area contributed by atoms with Crippen molar-refractivity contribution >= 4 is 6.29 Å².